The molecule has 2 rings (SSSR count). The molecule has 1 aromatic rings. The van der Waals surface area contributed by atoms with Crippen LogP contribution in [0.1, 0.15) is 70.8 Å². The first-order valence-corrected chi connectivity index (χ1v) is 9.56. The van der Waals surface area contributed by atoms with Crippen LogP contribution < -0.4 is 4.90 Å². The van der Waals surface area contributed by atoms with Gasteiger partial charge in [0, 0.05) is 18.7 Å². The van der Waals surface area contributed by atoms with E-state index in [9.17, 15) is 14.9 Å². The lowest BCUT2D eigenvalue weighted by molar-refractivity contribution is -0.384. The molecule has 1 atom stereocenters. The molecular weight excluding hydrogens is 332 g/mol. The van der Waals surface area contributed by atoms with Crippen molar-refractivity contribution in [1.29, 1.82) is 0 Å². The summed E-state index contributed by atoms with van der Waals surface area (Å²) >= 11 is 0. The average molecular weight is 362 g/mol. The number of rotatable bonds is 8. The molecule has 0 saturated heterocycles. The number of anilines is 1. The summed E-state index contributed by atoms with van der Waals surface area (Å²) in [5.74, 6) is -0.747. The van der Waals surface area contributed by atoms with Crippen LogP contribution >= 0.6 is 0 Å². The monoisotopic (exact) mass is 362 g/mol. The third kappa shape index (κ3) is 5.19. The van der Waals surface area contributed by atoms with E-state index in [1.165, 1.54) is 19.3 Å². The molecular formula is C20H30N2O4. The van der Waals surface area contributed by atoms with Crippen LogP contribution in [-0.4, -0.2) is 28.6 Å². The predicted molar refractivity (Wildman–Crippen MR) is 103 cm³/mol. The smallest absolute Gasteiger partial charge is 0.303 e. The van der Waals surface area contributed by atoms with E-state index in [4.69, 9.17) is 5.11 Å². The summed E-state index contributed by atoms with van der Waals surface area (Å²) < 4.78 is 0. The summed E-state index contributed by atoms with van der Waals surface area (Å²) in [5, 5.41) is 20.7. The molecule has 1 fully saturated rings. The van der Waals surface area contributed by atoms with Crippen molar-refractivity contribution in [2.24, 2.45) is 5.92 Å². The van der Waals surface area contributed by atoms with Gasteiger partial charge in [0.05, 0.1) is 11.3 Å². The number of carboxylic acids is 1. The van der Waals surface area contributed by atoms with Crippen LogP contribution in [0.2, 0.25) is 0 Å². The van der Waals surface area contributed by atoms with Crippen molar-refractivity contribution in [1.82, 2.24) is 0 Å². The Bertz CT molecular complexity index is 639. The molecule has 144 valence electrons. The summed E-state index contributed by atoms with van der Waals surface area (Å²) in [6, 6.07) is 5.58. The molecule has 1 aliphatic carbocycles. The van der Waals surface area contributed by atoms with Crippen LogP contribution in [0.15, 0.2) is 18.2 Å². The second kappa shape index (κ2) is 9.01. The van der Waals surface area contributed by atoms with Crippen LogP contribution in [0, 0.1) is 16.0 Å². The minimum Gasteiger partial charge on any atom is -0.481 e. The zero-order valence-electron chi connectivity index (χ0n) is 16.0. The van der Waals surface area contributed by atoms with Gasteiger partial charge in [-0.25, -0.2) is 0 Å². The minimum absolute atomic E-state index is 0.0329. The number of aliphatic carboxylic acids is 1. The highest BCUT2D eigenvalue weighted by molar-refractivity contribution is 5.69. The number of carbonyl (C=O) groups is 1. The van der Waals surface area contributed by atoms with Gasteiger partial charge in [0.15, 0.2) is 0 Å². The van der Waals surface area contributed by atoms with E-state index in [1.54, 1.807) is 13.0 Å². The van der Waals surface area contributed by atoms with Crippen molar-refractivity contribution in [3.8, 4) is 0 Å². The van der Waals surface area contributed by atoms with Crippen LogP contribution in [0.5, 0.6) is 0 Å². The standard InChI is InChI=1S/C20H30N2O4/c1-14(2)13-21(17-7-5-4-6-8-17)18-10-9-16(12-19(18)22(25)26)15(3)11-20(23)24/h9-10,12,14-15,17H,4-8,11,13H2,1-3H3,(H,23,24). The lowest BCUT2D eigenvalue weighted by Gasteiger charge is -2.37. The molecule has 0 amide bonds. The largest absolute Gasteiger partial charge is 0.481 e. The molecule has 1 aromatic carbocycles. The molecule has 6 heteroatoms. The molecule has 1 aliphatic rings. The Morgan fingerprint density at radius 2 is 1.92 bits per heavy atom. The quantitative estimate of drug-likeness (QED) is 0.521. The number of hydrogen-bond acceptors (Lipinski definition) is 4. The third-order valence-corrected chi connectivity index (χ3v) is 5.13. The zero-order valence-corrected chi connectivity index (χ0v) is 16.0. The second-order valence-corrected chi connectivity index (χ2v) is 7.84. The molecule has 26 heavy (non-hydrogen) atoms. The number of hydrogen-bond donors (Lipinski definition) is 1. The molecule has 1 N–H and O–H groups in total. The fraction of sp³-hybridized carbons (Fsp3) is 0.650. The highest BCUT2D eigenvalue weighted by atomic mass is 16.6. The molecule has 6 nitrogen and oxygen atoms in total. The zero-order chi connectivity index (χ0) is 19.3. The molecule has 0 aliphatic heterocycles. The molecule has 0 aromatic heterocycles. The number of nitro benzene ring substituents is 1. The van der Waals surface area contributed by atoms with E-state index in [-0.39, 0.29) is 22.9 Å². The highest BCUT2D eigenvalue weighted by Gasteiger charge is 2.28. The van der Waals surface area contributed by atoms with Gasteiger partial charge in [0.1, 0.15) is 5.69 Å². The van der Waals surface area contributed by atoms with Crippen LogP contribution in [0.4, 0.5) is 11.4 Å². The average Bonchev–Trinajstić information content (AvgIpc) is 2.59. The maximum atomic E-state index is 11.8. The van der Waals surface area contributed by atoms with Gasteiger partial charge in [0.25, 0.3) is 5.69 Å². The number of carboxylic acid groups (broad SMARTS) is 1. The first-order valence-electron chi connectivity index (χ1n) is 9.56. The maximum absolute atomic E-state index is 11.8. The third-order valence-electron chi connectivity index (χ3n) is 5.13. The lowest BCUT2D eigenvalue weighted by Crippen LogP contribution is -2.39. The Hall–Kier alpha value is -2.11. The Labute approximate surface area is 155 Å². The van der Waals surface area contributed by atoms with Crippen molar-refractivity contribution in [3.63, 3.8) is 0 Å². The summed E-state index contributed by atoms with van der Waals surface area (Å²) in [6.45, 7) is 6.84. The summed E-state index contributed by atoms with van der Waals surface area (Å²) in [7, 11) is 0. The van der Waals surface area contributed by atoms with Crippen molar-refractivity contribution >= 4 is 17.3 Å². The van der Waals surface area contributed by atoms with Gasteiger partial charge >= 0.3 is 5.97 Å². The fourth-order valence-corrected chi connectivity index (χ4v) is 3.85. The Kier molecular flexibility index (Phi) is 7.00. The van der Waals surface area contributed by atoms with E-state index in [1.807, 2.05) is 12.1 Å². The number of nitrogens with zero attached hydrogens (tertiary/aromatic N) is 2. The van der Waals surface area contributed by atoms with E-state index in [2.05, 4.69) is 18.7 Å². The van der Waals surface area contributed by atoms with Gasteiger partial charge in [-0.15, -0.1) is 0 Å². The van der Waals surface area contributed by atoms with E-state index >= 15 is 0 Å². The van der Waals surface area contributed by atoms with E-state index in [0.717, 1.165) is 19.4 Å². The SMILES string of the molecule is CC(C)CN(c1ccc(C(C)CC(=O)O)cc1[N+](=O)[O-])C1CCCCC1. The molecule has 1 saturated carbocycles. The Balaban J connectivity index is 2.39. The molecule has 1 unspecified atom stereocenters. The molecule has 0 bridgehead atoms. The number of nitro groups is 1. The van der Waals surface area contributed by atoms with Gasteiger partial charge in [-0.1, -0.05) is 46.1 Å². The normalized spacial score (nSPS) is 16.5. The van der Waals surface area contributed by atoms with Gasteiger partial charge < -0.3 is 10.0 Å². The van der Waals surface area contributed by atoms with Crippen molar-refractivity contribution in [2.75, 3.05) is 11.4 Å². The van der Waals surface area contributed by atoms with Crippen LogP contribution in [0.25, 0.3) is 0 Å². The topological polar surface area (TPSA) is 83.7 Å². The summed E-state index contributed by atoms with van der Waals surface area (Å²) in [4.78, 5) is 24.6. The van der Waals surface area contributed by atoms with Gasteiger partial charge in [-0.3, -0.25) is 14.9 Å². The summed E-state index contributed by atoms with van der Waals surface area (Å²) in [5.41, 5.74) is 1.46. The van der Waals surface area contributed by atoms with Gasteiger partial charge in [-0.05, 0) is 36.3 Å². The van der Waals surface area contributed by atoms with Crippen LogP contribution in [0.3, 0.4) is 0 Å². The van der Waals surface area contributed by atoms with Crippen molar-refractivity contribution < 1.29 is 14.8 Å². The lowest BCUT2D eigenvalue weighted by atomic mass is 9.92. The van der Waals surface area contributed by atoms with Gasteiger partial charge in [-0.2, -0.15) is 0 Å². The predicted octanol–water partition coefficient (Wildman–Crippen LogP) is 4.97. The van der Waals surface area contributed by atoms with Crippen LogP contribution in [-0.2, 0) is 4.79 Å². The van der Waals surface area contributed by atoms with E-state index < -0.39 is 5.97 Å². The van der Waals surface area contributed by atoms with Gasteiger partial charge in [0.2, 0.25) is 0 Å². The summed E-state index contributed by atoms with van der Waals surface area (Å²) in [6.07, 6.45) is 5.68. The fourth-order valence-electron chi connectivity index (χ4n) is 3.85. The molecule has 0 heterocycles. The Morgan fingerprint density at radius 3 is 2.46 bits per heavy atom. The minimum atomic E-state index is -0.895. The maximum Gasteiger partial charge on any atom is 0.303 e. The Morgan fingerprint density at radius 1 is 1.27 bits per heavy atom. The second-order valence-electron chi connectivity index (χ2n) is 7.84. The first-order chi connectivity index (χ1) is 12.3. The first kappa shape index (κ1) is 20.2. The highest BCUT2D eigenvalue weighted by Crippen LogP contribution is 2.36. The molecule has 0 radical (unpaired) electrons. The number of benzene rings is 1. The van der Waals surface area contributed by atoms with Crippen molar-refractivity contribution in [3.05, 3.63) is 33.9 Å². The van der Waals surface area contributed by atoms with E-state index in [0.29, 0.717) is 23.2 Å². The molecule has 0 spiro atoms. The van der Waals surface area contributed by atoms with Crippen molar-refractivity contribution in [2.45, 2.75) is 71.3 Å².